The summed E-state index contributed by atoms with van der Waals surface area (Å²) < 4.78 is 7.26. The summed E-state index contributed by atoms with van der Waals surface area (Å²) in [5.41, 5.74) is 7.58. The van der Waals surface area contributed by atoms with E-state index in [1.54, 1.807) is 33.9 Å². The van der Waals surface area contributed by atoms with Crippen molar-refractivity contribution in [1.29, 1.82) is 0 Å². The monoisotopic (exact) mass is 537 g/mol. The van der Waals surface area contributed by atoms with Crippen LogP contribution in [0.15, 0.2) is 41.1 Å². The first-order valence-electron chi connectivity index (χ1n) is 12.2. The Labute approximate surface area is 223 Å². The van der Waals surface area contributed by atoms with E-state index >= 15 is 0 Å². The van der Waals surface area contributed by atoms with E-state index in [-0.39, 0.29) is 29.5 Å². The van der Waals surface area contributed by atoms with Crippen LogP contribution in [0, 0.1) is 0 Å². The fourth-order valence-corrected chi connectivity index (χ4v) is 4.46. The number of anilines is 2. The van der Waals surface area contributed by atoms with Crippen LogP contribution < -0.4 is 11.1 Å². The molecule has 0 unspecified atom stereocenters. The molecule has 1 atom stereocenters. The number of hydrogen-bond donors (Lipinski definition) is 2. The van der Waals surface area contributed by atoms with Crippen LogP contribution in [-0.2, 0) is 4.79 Å². The highest BCUT2D eigenvalue weighted by molar-refractivity contribution is 6.31. The minimum absolute atomic E-state index is 0.00192. The van der Waals surface area contributed by atoms with E-state index in [2.05, 4.69) is 44.1 Å². The number of aromatic nitrogens is 5. The van der Waals surface area contributed by atoms with Gasteiger partial charge in [-0.25, -0.2) is 14.6 Å². The van der Waals surface area contributed by atoms with Gasteiger partial charge in [-0.15, -0.1) is 0 Å². The van der Waals surface area contributed by atoms with Crippen molar-refractivity contribution >= 4 is 57.4 Å². The Morgan fingerprint density at radius 1 is 1.34 bits per heavy atom. The summed E-state index contributed by atoms with van der Waals surface area (Å²) in [5.74, 6) is -0.515. The molecule has 1 aliphatic heterocycles. The molecule has 12 nitrogen and oxygen atoms in total. The Hall–Kier alpha value is -4.03. The van der Waals surface area contributed by atoms with Crippen LogP contribution in [0.4, 0.5) is 11.8 Å². The third-order valence-corrected chi connectivity index (χ3v) is 6.89. The molecular weight excluding hydrogens is 510 g/mol. The van der Waals surface area contributed by atoms with Crippen LogP contribution in [0.25, 0.3) is 22.1 Å². The zero-order valence-corrected chi connectivity index (χ0v) is 22.0. The lowest BCUT2D eigenvalue weighted by atomic mass is 10.2. The van der Waals surface area contributed by atoms with Crippen LogP contribution in [0.1, 0.15) is 36.8 Å². The third-order valence-electron chi connectivity index (χ3n) is 6.66. The molecule has 3 N–H and O–H groups in total. The average molecular weight is 538 g/mol. The van der Waals surface area contributed by atoms with Crippen LogP contribution in [-0.4, -0.2) is 79.1 Å². The van der Waals surface area contributed by atoms with E-state index in [4.69, 9.17) is 21.8 Å². The van der Waals surface area contributed by atoms with Crippen molar-refractivity contribution in [3.8, 4) is 0 Å². The number of rotatable bonds is 7. The van der Waals surface area contributed by atoms with Crippen LogP contribution in [0.2, 0.25) is 5.02 Å². The van der Waals surface area contributed by atoms with E-state index in [0.29, 0.717) is 59.3 Å². The Morgan fingerprint density at radius 3 is 2.95 bits per heavy atom. The lowest BCUT2D eigenvalue weighted by Crippen LogP contribution is -2.29. The van der Waals surface area contributed by atoms with Gasteiger partial charge >= 0.3 is 6.01 Å². The summed E-state index contributed by atoms with van der Waals surface area (Å²) in [6.45, 7) is 5.87. The Balaban J connectivity index is 1.36. The molecule has 0 aliphatic carbocycles. The van der Waals surface area contributed by atoms with Gasteiger partial charge in [-0.1, -0.05) is 17.7 Å². The molecule has 3 aromatic heterocycles. The largest absolute Gasteiger partial charge is 0.423 e. The number of amides is 2. The average Bonchev–Trinajstić information content (AvgIpc) is 3.60. The van der Waals surface area contributed by atoms with Gasteiger partial charge in [-0.3, -0.25) is 14.9 Å². The molecule has 38 heavy (non-hydrogen) atoms. The van der Waals surface area contributed by atoms with Gasteiger partial charge in [-0.2, -0.15) is 10.1 Å². The zero-order chi connectivity index (χ0) is 27.0. The first-order valence-corrected chi connectivity index (χ1v) is 12.6. The van der Waals surface area contributed by atoms with Crippen LogP contribution in [0.3, 0.4) is 0 Å². The predicted molar refractivity (Wildman–Crippen MR) is 144 cm³/mol. The number of likely N-dealkylation sites (N-methyl/N-ethyl adjacent to an activating group) is 1. The van der Waals surface area contributed by atoms with Crippen molar-refractivity contribution in [3.05, 3.63) is 47.4 Å². The van der Waals surface area contributed by atoms with Gasteiger partial charge in [0.1, 0.15) is 17.7 Å². The molecule has 2 amide bonds. The molecule has 198 valence electrons. The van der Waals surface area contributed by atoms with E-state index in [1.165, 1.54) is 6.33 Å². The summed E-state index contributed by atoms with van der Waals surface area (Å²) in [6, 6.07) is 5.18. The summed E-state index contributed by atoms with van der Waals surface area (Å²) in [5, 5.41) is 8.02. The molecule has 0 radical (unpaired) electrons. The standard InChI is InChI=1S/C25H28ClN9O3/c1-14(2)33(3)9-4-5-19(36)34-10-8-16(12-34)35-23-20(22(27)28-13-29-23)21(32-35)24(37)31-25-30-17-11-15(26)6-7-18(17)38-25/h4-7,11,13-14,16H,8-10,12H2,1-3H3,(H2,27,28,29)(H,30,31,37)/t16-/m1/s1. The minimum Gasteiger partial charge on any atom is -0.423 e. The Kier molecular flexibility index (Phi) is 7.00. The molecule has 1 aromatic carbocycles. The quantitative estimate of drug-likeness (QED) is 0.339. The lowest BCUT2D eigenvalue weighted by molar-refractivity contribution is -0.125. The fourth-order valence-electron chi connectivity index (χ4n) is 4.30. The molecule has 1 fully saturated rings. The van der Waals surface area contributed by atoms with Gasteiger partial charge in [0, 0.05) is 36.8 Å². The number of oxazole rings is 1. The van der Waals surface area contributed by atoms with Gasteiger partial charge in [0.2, 0.25) is 5.91 Å². The number of benzene rings is 1. The number of nitrogens with one attached hydrogen (secondary N) is 1. The van der Waals surface area contributed by atoms with Gasteiger partial charge in [0.25, 0.3) is 5.91 Å². The maximum atomic E-state index is 13.2. The fraction of sp³-hybridized carbons (Fsp3) is 0.360. The number of carbonyl (C=O) groups excluding carboxylic acids is 2. The molecule has 1 aliphatic rings. The normalized spacial score (nSPS) is 16.1. The molecule has 0 spiro atoms. The number of fused-ring (bicyclic) bond motifs is 2. The van der Waals surface area contributed by atoms with Gasteiger partial charge < -0.3 is 20.0 Å². The number of nitrogens with two attached hydrogens (primary N) is 1. The molecular formula is C25H28ClN9O3. The van der Waals surface area contributed by atoms with E-state index < -0.39 is 5.91 Å². The van der Waals surface area contributed by atoms with E-state index in [9.17, 15) is 9.59 Å². The number of nitrogens with zero attached hydrogens (tertiary/aromatic N) is 7. The SMILES string of the molecule is CC(C)N(C)CC=CC(=O)N1CC[C@@H](n2nc(C(=O)Nc3nc4cc(Cl)ccc4o3)c3c(N)ncnc32)C1. The van der Waals surface area contributed by atoms with Gasteiger partial charge in [-0.05, 0) is 45.5 Å². The highest BCUT2D eigenvalue weighted by atomic mass is 35.5. The second-order valence-corrected chi connectivity index (χ2v) is 9.93. The molecule has 0 saturated carbocycles. The number of likely N-dealkylation sites (tertiary alicyclic amines) is 1. The van der Waals surface area contributed by atoms with Crippen molar-refractivity contribution in [2.24, 2.45) is 0 Å². The summed E-state index contributed by atoms with van der Waals surface area (Å²) in [6.07, 6.45) is 5.46. The highest BCUT2D eigenvalue weighted by Crippen LogP contribution is 2.30. The Bertz CT molecular complexity index is 1540. The van der Waals surface area contributed by atoms with Crippen LogP contribution >= 0.6 is 11.6 Å². The summed E-state index contributed by atoms with van der Waals surface area (Å²) >= 11 is 6.02. The second kappa shape index (κ2) is 10.4. The number of nitrogen functional groups attached to an aromatic ring is 1. The predicted octanol–water partition coefficient (Wildman–Crippen LogP) is 3.13. The smallest absolute Gasteiger partial charge is 0.302 e. The third kappa shape index (κ3) is 5.04. The van der Waals surface area contributed by atoms with Crippen molar-refractivity contribution < 1.29 is 14.0 Å². The number of carbonyl (C=O) groups is 2. The van der Waals surface area contributed by atoms with Gasteiger partial charge in [0.05, 0.1) is 11.4 Å². The minimum atomic E-state index is -0.573. The molecule has 0 bridgehead atoms. The summed E-state index contributed by atoms with van der Waals surface area (Å²) in [7, 11) is 2.01. The lowest BCUT2D eigenvalue weighted by Gasteiger charge is -2.19. The van der Waals surface area contributed by atoms with E-state index in [0.717, 1.165) is 0 Å². The molecule has 4 heterocycles. The van der Waals surface area contributed by atoms with Gasteiger partial charge in [0.15, 0.2) is 16.9 Å². The van der Waals surface area contributed by atoms with Crippen molar-refractivity contribution in [1.82, 2.24) is 34.5 Å². The van der Waals surface area contributed by atoms with E-state index in [1.807, 2.05) is 13.1 Å². The zero-order valence-electron chi connectivity index (χ0n) is 21.3. The number of halogens is 1. The highest BCUT2D eigenvalue weighted by Gasteiger charge is 2.31. The molecule has 13 heteroatoms. The second-order valence-electron chi connectivity index (χ2n) is 9.50. The topological polar surface area (TPSA) is 148 Å². The Morgan fingerprint density at radius 2 is 2.16 bits per heavy atom. The van der Waals surface area contributed by atoms with Crippen molar-refractivity contribution in [2.75, 3.05) is 37.7 Å². The molecule has 1 saturated heterocycles. The molecule has 4 aromatic rings. The van der Waals surface area contributed by atoms with Crippen molar-refractivity contribution in [2.45, 2.75) is 32.4 Å². The summed E-state index contributed by atoms with van der Waals surface area (Å²) in [4.78, 5) is 42.6. The maximum absolute atomic E-state index is 13.2. The number of hydrogen-bond acceptors (Lipinski definition) is 9. The first kappa shape index (κ1) is 25.6. The molecule has 5 rings (SSSR count). The van der Waals surface area contributed by atoms with Crippen molar-refractivity contribution in [3.63, 3.8) is 0 Å². The van der Waals surface area contributed by atoms with Crippen LogP contribution in [0.5, 0.6) is 0 Å². The first-order chi connectivity index (χ1) is 18.2. The maximum Gasteiger partial charge on any atom is 0.302 e.